The predicted octanol–water partition coefficient (Wildman–Crippen LogP) is 5.62. The van der Waals surface area contributed by atoms with Crippen molar-refractivity contribution >= 4 is 33.8 Å². The van der Waals surface area contributed by atoms with Gasteiger partial charge in [0.2, 0.25) is 0 Å². The highest BCUT2D eigenvalue weighted by Crippen LogP contribution is 2.31. The zero-order valence-corrected chi connectivity index (χ0v) is 16.5. The molecule has 0 heterocycles. The molecule has 1 N–H and O–H groups in total. The first kappa shape index (κ1) is 18.7. The van der Waals surface area contributed by atoms with E-state index in [9.17, 15) is 4.79 Å². The molecular weight excluding hydrogens is 374 g/mol. The number of carbonyl (C=O) groups is 1. The molecule has 1 amide bonds. The van der Waals surface area contributed by atoms with E-state index in [1.165, 1.54) is 24.2 Å². The van der Waals surface area contributed by atoms with Crippen molar-refractivity contribution in [2.45, 2.75) is 63.0 Å². The highest BCUT2D eigenvalue weighted by Gasteiger charge is 2.28. The van der Waals surface area contributed by atoms with Gasteiger partial charge in [-0.05, 0) is 63.8 Å². The standard InChI is InChI=1S/C18H26BrNO2S/c1-18(2,3)22-17(21)20-16-7-5-4-6-13(16)12-23-15-10-8-14(19)9-11-15/h8-11,13,16H,4-7,12H2,1-3H3,(H,20,21). The van der Waals surface area contributed by atoms with E-state index in [2.05, 4.69) is 45.5 Å². The lowest BCUT2D eigenvalue weighted by atomic mass is 9.86. The van der Waals surface area contributed by atoms with Gasteiger partial charge in [0.1, 0.15) is 5.60 Å². The van der Waals surface area contributed by atoms with E-state index in [4.69, 9.17) is 4.74 Å². The second-order valence-corrected chi connectivity index (χ2v) is 9.07. The monoisotopic (exact) mass is 399 g/mol. The average Bonchev–Trinajstić information content (AvgIpc) is 2.46. The van der Waals surface area contributed by atoms with Crippen molar-refractivity contribution in [3.05, 3.63) is 28.7 Å². The van der Waals surface area contributed by atoms with Gasteiger partial charge in [0.15, 0.2) is 0 Å². The summed E-state index contributed by atoms with van der Waals surface area (Å²) in [7, 11) is 0. The first-order chi connectivity index (χ1) is 10.8. The lowest BCUT2D eigenvalue weighted by Gasteiger charge is -2.32. The molecule has 1 aliphatic carbocycles. The van der Waals surface area contributed by atoms with Crippen molar-refractivity contribution in [1.29, 1.82) is 0 Å². The summed E-state index contributed by atoms with van der Waals surface area (Å²) in [4.78, 5) is 13.3. The van der Waals surface area contributed by atoms with E-state index in [-0.39, 0.29) is 12.1 Å². The second-order valence-electron chi connectivity index (χ2n) is 7.06. The van der Waals surface area contributed by atoms with Gasteiger partial charge in [-0.1, -0.05) is 28.8 Å². The summed E-state index contributed by atoms with van der Waals surface area (Å²) in [6.45, 7) is 5.69. The average molecular weight is 400 g/mol. The molecule has 2 unspecified atom stereocenters. The molecule has 0 aromatic heterocycles. The Labute approximate surface area is 152 Å². The molecule has 0 radical (unpaired) electrons. The topological polar surface area (TPSA) is 38.3 Å². The van der Waals surface area contributed by atoms with E-state index in [0.717, 1.165) is 16.6 Å². The molecule has 0 bridgehead atoms. The number of alkyl carbamates (subject to hydrolysis) is 1. The zero-order chi connectivity index (χ0) is 16.9. The summed E-state index contributed by atoms with van der Waals surface area (Å²) in [5.41, 5.74) is -0.444. The summed E-state index contributed by atoms with van der Waals surface area (Å²) in [5.74, 6) is 1.53. The molecule has 0 aliphatic heterocycles. The summed E-state index contributed by atoms with van der Waals surface area (Å²) >= 11 is 5.33. The van der Waals surface area contributed by atoms with Gasteiger partial charge in [-0.25, -0.2) is 4.79 Å². The molecule has 0 saturated heterocycles. The predicted molar refractivity (Wildman–Crippen MR) is 100.0 cm³/mol. The molecule has 2 rings (SSSR count). The maximum absolute atomic E-state index is 12.0. The largest absolute Gasteiger partial charge is 0.444 e. The number of halogens is 1. The number of ether oxygens (including phenoxy) is 1. The maximum Gasteiger partial charge on any atom is 0.407 e. The Balaban J connectivity index is 1.87. The number of hydrogen-bond acceptors (Lipinski definition) is 3. The highest BCUT2D eigenvalue weighted by molar-refractivity contribution is 9.10. The number of benzene rings is 1. The lowest BCUT2D eigenvalue weighted by Crippen LogP contribution is -2.45. The first-order valence-electron chi connectivity index (χ1n) is 8.21. The van der Waals surface area contributed by atoms with Gasteiger partial charge in [-0.3, -0.25) is 0 Å². The number of amides is 1. The summed E-state index contributed by atoms with van der Waals surface area (Å²) < 4.78 is 6.50. The van der Waals surface area contributed by atoms with Crippen LogP contribution in [-0.2, 0) is 4.74 Å². The van der Waals surface area contributed by atoms with Crippen molar-refractivity contribution < 1.29 is 9.53 Å². The molecule has 5 heteroatoms. The molecular formula is C18H26BrNO2S. The third-order valence-corrected chi connectivity index (χ3v) is 5.62. The molecule has 1 saturated carbocycles. The quantitative estimate of drug-likeness (QED) is 0.667. The smallest absolute Gasteiger partial charge is 0.407 e. The third kappa shape index (κ3) is 6.76. The molecule has 0 spiro atoms. The van der Waals surface area contributed by atoms with Gasteiger partial charge >= 0.3 is 6.09 Å². The van der Waals surface area contributed by atoms with E-state index in [0.29, 0.717) is 5.92 Å². The molecule has 128 valence electrons. The molecule has 1 aromatic carbocycles. The van der Waals surface area contributed by atoms with E-state index in [1.54, 1.807) is 0 Å². The SMILES string of the molecule is CC(C)(C)OC(=O)NC1CCCCC1CSc1ccc(Br)cc1. The van der Waals surface area contributed by atoms with Crippen LogP contribution in [0.3, 0.4) is 0 Å². The van der Waals surface area contributed by atoms with Crippen molar-refractivity contribution in [1.82, 2.24) is 5.32 Å². The minimum absolute atomic E-state index is 0.224. The minimum atomic E-state index is -0.444. The lowest BCUT2D eigenvalue weighted by molar-refractivity contribution is 0.0474. The fourth-order valence-electron chi connectivity index (χ4n) is 2.79. The van der Waals surface area contributed by atoms with Gasteiger partial charge in [-0.2, -0.15) is 0 Å². The summed E-state index contributed by atoms with van der Waals surface area (Å²) in [5, 5.41) is 3.09. The van der Waals surface area contributed by atoms with Gasteiger partial charge < -0.3 is 10.1 Å². The van der Waals surface area contributed by atoms with Gasteiger partial charge in [0, 0.05) is 21.2 Å². The van der Waals surface area contributed by atoms with Crippen molar-refractivity contribution in [2.24, 2.45) is 5.92 Å². The Morgan fingerprint density at radius 1 is 1.26 bits per heavy atom. The summed E-state index contributed by atoms with van der Waals surface area (Å²) in [6.07, 6.45) is 4.36. The fourth-order valence-corrected chi connectivity index (χ4v) is 4.19. The van der Waals surface area contributed by atoms with Crippen LogP contribution >= 0.6 is 27.7 Å². The normalized spacial score (nSPS) is 21.7. The van der Waals surface area contributed by atoms with Crippen LogP contribution in [0, 0.1) is 5.92 Å². The van der Waals surface area contributed by atoms with Crippen molar-refractivity contribution in [3.63, 3.8) is 0 Å². The Hall–Kier alpha value is -0.680. The Bertz CT molecular complexity index is 513. The van der Waals surface area contributed by atoms with Gasteiger partial charge in [0.25, 0.3) is 0 Å². The van der Waals surface area contributed by atoms with Crippen LogP contribution in [0.2, 0.25) is 0 Å². The molecule has 1 aliphatic rings. The molecule has 23 heavy (non-hydrogen) atoms. The fraction of sp³-hybridized carbons (Fsp3) is 0.611. The number of carbonyl (C=O) groups excluding carboxylic acids is 1. The number of rotatable bonds is 4. The van der Waals surface area contributed by atoms with Crippen molar-refractivity contribution in [2.75, 3.05) is 5.75 Å². The number of nitrogens with one attached hydrogen (secondary N) is 1. The van der Waals surface area contributed by atoms with Crippen molar-refractivity contribution in [3.8, 4) is 0 Å². The maximum atomic E-state index is 12.0. The van der Waals surface area contributed by atoms with Crippen LogP contribution in [0.1, 0.15) is 46.5 Å². The van der Waals surface area contributed by atoms with Crippen LogP contribution in [0.15, 0.2) is 33.6 Å². The van der Waals surface area contributed by atoms with Gasteiger partial charge in [0.05, 0.1) is 0 Å². The minimum Gasteiger partial charge on any atom is -0.444 e. The number of thioether (sulfide) groups is 1. The Kier molecular flexibility index (Phi) is 6.84. The van der Waals surface area contributed by atoms with E-state index in [1.807, 2.05) is 32.5 Å². The van der Waals surface area contributed by atoms with Crippen LogP contribution in [0.5, 0.6) is 0 Å². The van der Waals surface area contributed by atoms with Crippen LogP contribution < -0.4 is 5.32 Å². The zero-order valence-electron chi connectivity index (χ0n) is 14.1. The van der Waals surface area contributed by atoms with E-state index >= 15 is 0 Å². The second kappa shape index (κ2) is 8.43. The third-order valence-electron chi connectivity index (χ3n) is 3.89. The van der Waals surface area contributed by atoms with Gasteiger partial charge in [-0.15, -0.1) is 11.8 Å². The number of hydrogen-bond donors (Lipinski definition) is 1. The highest BCUT2D eigenvalue weighted by atomic mass is 79.9. The molecule has 3 nitrogen and oxygen atoms in total. The van der Waals surface area contributed by atoms with Crippen LogP contribution in [0.4, 0.5) is 4.79 Å². The first-order valence-corrected chi connectivity index (χ1v) is 9.99. The Morgan fingerprint density at radius 2 is 1.91 bits per heavy atom. The summed E-state index contributed by atoms with van der Waals surface area (Å²) in [6, 6.07) is 8.63. The Morgan fingerprint density at radius 3 is 2.57 bits per heavy atom. The molecule has 1 fully saturated rings. The van der Waals surface area contributed by atoms with Crippen LogP contribution in [0.25, 0.3) is 0 Å². The van der Waals surface area contributed by atoms with Crippen LogP contribution in [-0.4, -0.2) is 23.5 Å². The molecule has 1 aromatic rings. The van der Waals surface area contributed by atoms with E-state index < -0.39 is 5.60 Å². The molecule has 2 atom stereocenters.